The number of hydrogen-bond acceptors (Lipinski definition) is 6. The van der Waals surface area contributed by atoms with Gasteiger partial charge < -0.3 is 15.1 Å². The summed E-state index contributed by atoms with van der Waals surface area (Å²) in [7, 11) is 2.09. The summed E-state index contributed by atoms with van der Waals surface area (Å²) in [5, 5.41) is 15.5. The van der Waals surface area contributed by atoms with Gasteiger partial charge in [-0.1, -0.05) is 12.1 Å². The van der Waals surface area contributed by atoms with E-state index in [9.17, 15) is 9.59 Å². The molecule has 36 heavy (non-hydrogen) atoms. The Balaban J connectivity index is 1.23. The highest BCUT2D eigenvalue weighted by Gasteiger charge is 2.26. The Bertz CT molecular complexity index is 1310. The molecule has 1 saturated heterocycles. The van der Waals surface area contributed by atoms with Gasteiger partial charge in [0.15, 0.2) is 5.13 Å². The van der Waals surface area contributed by atoms with Gasteiger partial charge in [0.1, 0.15) is 0 Å². The van der Waals surface area contributed by atoms with Crippen molar-refractivity contribution in [2.45, 2.75) is 31.7 Å². The number of carbonyl (C=O) groups is 2. The Labute approximate surface area is 214 Å². The lowest BCUT2D eigenvalue weighted by Crippen LogP contribution is -2.41. The third-order valence-corrected chi connectivity index (χ3v) is 7.73. The summed E-state index contributed by atoms with van der Waals surface area (Å²) >= 11 is 1.55. The first kappa shape index (κ1) is 24.0. The van der Waals surface area contributed by atoms with Crippen LogP contribution in [0.1, 0.15) is 50.8 Å². The molecule has 3 amide bonds. The normalized spacial score (nSPS) is 17.7. The molecule has 1 aromatic heterocycles. The van der Waals surface area contributed by atoms with Gasteiger partial charge in [0.05, 0.1) is 17.3 Å². The lowest BCUT2D eigenvalue weighted by Gasteiger charge is -2.33. The number of carbonyl (C=O) groups excluding carboxylic acids is 2. The minimum Gasteiger partial charge on any atom is -0.324 e. The second kappa shape index (κ2) is 10.5. The number of aromatic nitrogens is 1. The number of hydrogen-bond donors (Lipinski definition) is 2. The molecule has 3 aromatic rings. The van der Waals surface area contributed by atoms with Crippen molar-refractivity contribution >= 4 is 34.1 Å². The first-order valence-electron chi connectivity index (χ1n) is 12.1. The first-order valence-corrected chi connectivity index (χ1v) is 12.9. The molecule has 2 aromatic carbocycles. The second-order valence-electron chi connectivity index (χ2n) is 9.36. The number of thiazole rings is 1. The number of nitrogens with one attached hydrogen (secondary N) is 2. The SMILES string of the molecule is CN1CCc2nc(NC(=O)c3cccc(C4CCCN(C(=O)Nc5ccc(C#N)cc5)C4)c3)sc2C1. The molecule has 1 unspecified atom stereocenters. The Kier molecular flexibility index (Phi) is 6.98. The van der Waals surface area contributed by atoms with E-state index in [1.165, 1.54) is 4.88 Å². The Morgan fingerprint density at radius 2 is 1.97 bits per heavy atom. The number of urea groups is 1. The van der Waals surface area contributed by atoms with Crippen molar-refractivity contribution in [3.63, 3.8) is 0 Å². The van der Waals surface area contributed by atoms with Crippen molar-refractivity contribution in [3.05, 3.63) is 75.8 Å². The standard InChI is InChI=1S/C27H28N6O2S/c1-32-13-11-23-24(17-32)36-26(30-23)31-25(34)20-5-2-4-19(14-20)21-6-3-12-33(16-21)27(35)29-22-9-7-18(15-28)8-10-22/h2,4-5,7-10,14,21H,3,6,11-13,16-17H2,1H3,(H,29,35)(H,30,31,34). The van der Waals surface area contributed by atoms with Crippen LogP contribution in [-0.4, -0.2) is 53.4 Å². The van der Waals surface area contributed by atoms with E-state index in [0.29, 0.717) is 35.0 Å². The quantitative estimate of drug-likeness (QED) is 0.542. The van der Waals surface area contributed by atoms with Crippen LogP contribution < -0.4 is 10.6 Å². The molecule has 5 rings (SSSR count). The number of likely N-dealkylation sites (tertiary alicyclic amines) is 1. The summed E-state index contributed by atoms with van der Waals surface area (Å²) < 4.78 is 0. The van der Waals surface area contributed by atoms with E-state index in [2.05, 4.69) is 33.6 Å². The second-order valence-corrected chi connectivity index (χ2v) is 10.4. The molecule has 0 aliphatic carbocycles. The van der Waals surface area contributed by atoms with Gasteiger partial charge in [-0.3, -0.25) is 10.1 Å². The number of amides is 3. The van der Waals surface area contributed by atoms with Crippen LogP contribution in [0.15, 0.2) is 48.5 Å². The van der Waals surface area contributed by atoms with E-state index in [1.807, 2.05) is 29.2 Å². The fourth-order valence-electron chi connectivity index (χ4n) is 4.74. The maximum atomic E-state index is 13.0. The van der Waals surface area contributed by atoms with Crippen LogP contribution >= 0.6 is 11.3 Å². The highest BCUT2D eigenvalue weighted by atomic mass is 32.1. The van der Waals surface area contributed by atoms with E-state index in [1.54, 1.807) is 35.6 Å². The van der Waals surface area contributed by atoms with Gasteiger partial charge in [-0.2, -0.15) is 5.26 Å². The van der Waals surface area contributed by atoms with Crippen molar-refractivity contribution in [2.75, 3.05) is 37.3 Å². The molecule has 2 aliphatic rings. The largest absolute Gasteiger partial charge is 0.324 e. The molecule has 184 valence electrons. The first-order chi connectivity index (χ1) is 17.5. The molecule has 0 spiro atoms. The van der Waals surface area contributed by atoms with E-state index >= 15 is 0 Å². The van der Waals surface area contributed by atoms with E-state index in [0.717, 1.165) is 43.6 Å². The average Bonchev–Trinajstić information content (AvgIpc) is 3.30. The fourth-order valence-corrected chi connectivity index (χ4v) is 5.83. The number of benzene rings is 2. The minimum atomic E-state index is -0.164. The molecule has 1 atom stereocenters. The lowest BCUT2D eigenvalue weighted by molar-refractivity contribution is 0.102. The van der Waals surface area contributed by atoms with E-state index in [-0.39, 0.29) is 17.9 Å². The fraction of sp³-hybridized carbons (Fsp3) is 0.333. The monoisotopic (exact) mass is 500 g/mol. The topological polar surface area (TPSA) is 101 Å². The molecule has 8 nitrogen and oxygen atoms in total. The number of nitrogens with zero attached hydrogens (tertiary/aromatic N) is 4. The number of nitriles is 1. The van der Waals surface area contributed by atoms with Crippen molar-refractivity contribution in [1.82, 2.24) is 14.8 Å². The minimum absolute atomic E-state index is 0.154. The third-order valence-electron chi connectivity index (χ3n) is 6.74. The summed E-state index contributed by atoms with van der Waals surface area (Å²) in [5.41, 5.74) is 3.95. The van der Waals surface area contributed by atoms with Crippen LogP contribution in [-0.2, 0) is 13.0 Å². The smallest absolute Gasteiger partial charge is 0.321 e. The summed E-state index contributed by atoms with van der Waals surface area (Å²) in [6, 6.07) is 16.4. The molecule has 2 aliphatic heterocycles. The molecule has 9 heteroatoms. The van der Waals surface area contributed by atoms with Crippen LogP contribution in [0.25, 0.3) is 0 Å². The van der Waals surface area contributed by atoms with Crippen LogP contribution in [0, 0.1) is 11.3 Å². The van der Waals surface area contributed by atoms with Gasteiger partial charge in [0, 0.05) is 54.6 Å². The molecule has 0 saturated carbocycles. The molecule has 3 heterocycles. The maximum Gasteiger partial charge on any atom is 0.321 e. The van der Waals surface area contributed by atoms with Crippen molar-refractivity contribution < 1.29 is 9.59 Å². The summed E-state index contributed by atoms with van der Waals surface area (Å²) in [6.45, 7) is 3.12. The van der Waals surface area contributed by atoms with Crippen LogP contribution in [0.5, 0.6) is 0 Å². The van der Waals surface area contributed by atoms with Gasteiger partial charge in [-0.15, -0.1) is 11.3 Å². The van der Waals surface area contributed by atoms with Gasteiger partial charge >= 0.3 is 6.03 Å². The van der Waals surface area contributed by atoms with Crippen LogP contribution in [0.4, 0.5) is 15.6 Å². The van der Waals surface area contributed by atoms with E-state index < -0.39 is 0 Å². The summed E-state index contributed by atoms with van der Waals surface area (Å²) in [6.07, 6.45) is 2.75. The Morgan fingerprint density at radius 3 is 2.78 bits per heavy atom. The number of fused-ring (bicyclic) bond motifs is 1. The lowest BCUT2D eigenvalue weighted by atomic mass is 9.89. The zero-order valence-electron chi connectivity index (χ0n) is 20.2. The summed E-state index contributed by atoms with van der Waals surface area (Å²) in [5.74, 6) is -0.0107. The highest BCUT2D eigenvalue weighted by molar-refractivity contribution is 7.15. The van der Waals surface area contributed by atoms with Crippen molar-refractivity contribution in [2.24, 2.45) is 0 Å². The van der Waals surface area contributed by atoms with Gasteiger partial charge in [-0.05, 0) is 61.9 Å². The zero-order valence-corrected chi connectivity index (χ0v) is 21.0. The Hall–Kier alpha value is -3.74. The number of anilines is 2. The van der Waals surface area contributed by atoms with E-state index in [4.69, 9.17) is 5.26 Å². The van der Waals surface area contributed by atoms with Crippen LogP contribution in [0.3, 0.4) is 0 Å². The third kappa shape index (κ3) is 5.40. The maximum absolute atomic E-state index is 13.0. The molecule has 2 N–H and O–H groups in total. The predicted molar refractivity (Wildman–Crippen MR) is 140 cm³/mol. The number of likely N-dealkylation sites (N-methyl/N-ethyl adjacent to an activating group) is 1. The molecule has 1 fully saturated rings. The Morgan fingerprint density at radius 1 is 1.14 bits per heavy atom. The molecular weight excluding hydrogens is 472 g/mol. The molecule has 0 bridgehead atoms. The van der Waals surface area contributed by atoms with Crippen molar-refractivity contribution in [1.29, 1.82) is 5.26 Å². The molecule has 0 radical (unpaired) electrons. The van der Waals surface area contributed by atoms with Gasteiger partial charge in [0.25, 0.3) is 5.91 Å². The summed E-state index contributed by atoms with van der Waals surface area (Å²) in [4.78, 5) is 35.8. The van der Waals surface area contributed by atoms with Crippen LogP contribution in [0.2, 0.25) is 0 Å². The van der Waals surface area contributed by atoms with Crippen molar-refractivity contribution in [3.8, 4) is 6.07 Å². The zero-order chi connectivity index (χ0) is 25.1. The number of rotatable bonds is 4. The highest BCUT2D eigenvalue weighted by Crippen LogP contribution is 2.30. The average molecular weight is 501 g/mol. The molecular formula is C27H28N6O2S. The predicted octanol–water partition coefficient (Wildman–Crippen LogP) is 4.67. The van der Waals surface area contributed by atoms with Gasteiger partial charge in [-0.25, -0.2) is 9.78 Å². The number of piperidine rings is 1. The van der Waals surface area contributed by atoms with Gasteiger partial charge in [0.2, 0.25) is 0 Å².